The van der Waals surface area contributed by atoms with Crippen molar-refractivity contribution in [3.63, 3.8) is 0 Å². The first-order valence-corrected chi connectivity index (χ1v) is 6.09. The van der Waals surface area contributed by atoms with Gasteiger partial charge in [-0.15, -0.1) is 0 Å². The van der Waals surface area contributed by atoms with Crippen LogP contribution >= 0.6 is 11.6 Å². The quantitative estimate of drug-likeness (QED) is 0.895. The average Bonchev–Trinajstić information content (AvgIpc) is 2.33. The van der Waals surface area contributed by atoms with E-state index >= 15 is 0 Å². The third-order valence-corrected chi connectivity index (χ3v) is 3.07. The molecule has 0 amide bonds. The van der Waals surface area contributed by atoms with Crippen molar-refractivity contribution in [2.24, 2.45) is 0 Å². The van der Waals surface area contributed by atoms with Crippen LogP contribution in [0.2, 0.25) is 5.02 Å². The Labute approximate surface area is 116 Å². The highest BCUT2D eigenvalue weighted by Crippen LogP contribution is 2.30. The number of hydrogen-bond acceptors (Lipinski definition) is 3. The zero-order chi connectivity index (χ0) is 14.0. The highest BCUT2D eigenvalue weighted by molar-refractivity contribution is 6.33. The van der Waals surface area contributed by atoms with Gasteiger partial charge < -0.3 is 10.4 Å². The number of hydrogen-bond donors (Lipinski definition) is 2. The lowest BCUT2D eigenvalue weighted by molar-refractivity contribution is 0.0697. The summed E-state index contributed by atoms with van der Waals surface area (Å²) in [7, 11) is 0. The van der Waals surface area contributed by atoms with Gasteiger partial charge in [0, 0.05) is 11.9 Å². The summed E-state index contributed by atoms with van der Waals surface area (Å²) in [6.45, 7) is 3.71. The van der Waals surface area contributed by atoms with Gasteiger partial charge in [0.05, 0.1) is 16.4 Å². The molecule has 98 valence electrons. The van der Waals surface area contributed by atoms with Gasteiger partial charge in [-0.3, -0.25) is 4.98 Å². The van der Waals surface area contributed by atoms with Gasteiger partial charge >= 0.3 is 5.97 Å². The molecule has 2 N–H and O–H groups in total. The Morgan fingerprint density at radius 3 is 2.74 bits per heavy atom. The number of carboxylic acid groups (broad SMARTS) is 1. The number of aryl methyl sites for hydroxylation is 2. The van der Waals surface area contributed by atoms with Gasteiger partial charge in [-0.25, -0.2) is 4.79 Å². The van der Waals surface area contributed by atoms with Crippen LogP contribution in [0.1, 0.15) is 21.6 Å². The first-order valence-electron chi connectivity index (χ1n) is 5.71. The number of nitrogens with zero attached hydrogens (tertiary/aromatic N) is 1. The van der Waals surface area contributed by atoms with Gasteiger partial charge in [0.25, 0.3) is 0 Å². The first-order chi connectivity index (χ1) is 8.99. The summed E-state index contributed by atoms with van der Waals surface area (Å²) in [5, 5.41) is 12.8. The highest BCUT2D eigenvalue weighted by atomic mass is 35.5. The van der Waals surface area contributed by atoms with Crippen molar-refractivity contribution < 1.29 is 9.90 Å². The Morgan fingerprint density at radius 2 is 2.11 bits per heavy atom. The largest absolute Gasteiger partial charge is 0.478 e. The van der Waals surface area contributed by atoms with Crippen LogP contribution in [-0.2, 0) is 0 Å². The van der Waals surface area contributed by atoms with Crippen LogP contribution < -0.4 is 5.32 Å². The van der Waals surface area contributed by atoms with Crippen LogP contribution in [0.15, 0.2) is 30.5 Å². The Balaban J connectivity index is 2.49. The van der Waals surface area contributed by atoms with E-state index in [4.69, 9.17) is 16.7 Å². The fourth-order valence-electron chi connectivity index (χ4n) is 1.76. The average molecular weight is 277 g/mol. The summed E-state index contributed by atoms with van der Waals surface area (Å²) < 4.78 is 0. The minimum Gasteiger partial charge on any atom is -0.478 e. The fraction of sp³-hybridized carbons (Fsp3) is 0.143. The van der Waals surface area contributed by atoms with Gasteiger partial charge in [-0.05, 0) is 31.5 Å². The second kappa shape index (κ2) is 5.28. The lowest BCUT2D eigenvalue weighted by atomic mass is 10.1. The molecule has 4 nitrogen and oxygen atoms in total. The second-order valence-corrected chi connectivity index (χ2v) is 4.64. The summed E-state index contributed by atoms with van der Waals surface area (Å²) in [4.78, 5) is 15.2. The number of anilines is 2. The summed E-state index contributed by atoms with van der Waals surface area (Å²) in [5.74, 6) is -1.03. The van der Waals surface area contributed by atoms with Crippen LogP contribution in [0.4, 0.5) is 11.4 Å². The lowest BCUT2D eigenvalue weighted by Gasteiger charge is -2.13. The molecular formula is C14H13ClN2O2. The summed E-state index contributed by atoms with van der Waals surface area (Å²) >= 11 is 6.13. The smallest absolute Gasteiger partial charge is 0.339 e. The molecule has 0 radical (unpaired) electrons. The minimum absolute atomic E-state index is 0.116. The van der Waals surface area contributed by atoms with Crippen LogP contribution in [0.25, 0.3) is 0 Å². The van der Waals surface area contributed by atoms with E-state index < -0.39 is 5.97 Å². The van der Waals surface area contributed by atoms with E-state index in [0.717, 1.165) is 11.3 Å². The molecular weight excluding hydrogens is 264 g/mol. The fourth-order valence-corrected chi connectivity index (χ4v) is 2.03. The van der Waals surface area contributed by atoms with E-state index in [-0.39, 0.29) is 5.56 Å². The first kappa shape index (κ1) is 13.4. The number of carbonyl (C=O) groups is 1. The summed E-state index contributed by atoms with van der Waals surface area (Å²) in [6.07, 6.45) is 1.34. The topological polar surface area (TPSA) is 62.2 Å². The zero-order valence-corrected chi connectivity index (χ0v) is 11.3. The Morgan fingerprint density at radius 1 is 1.37 bits per heavy atom. The number of nitrogens with one attached hydrogen (secondary N) is 1. The number of pyridine rings is 1. The van der Waals surface area contributed by atoms with E-state index in [1.54, 1.807) is 19.1 Å². The second-order valence-electron chi connectivity index (χ2n) is 4.23. The molecule has 0 aliphatic carbocycles. The van der Waals surface area contributed by atoms with Crippen molar-refractivity contribution in [1.82, 2.24) is 4.98 Å². The predicted molar refractivity (Wildman–Crippen MR) is 75.4 cm³/mol. The number of carboxylic acids is 1. The number of rotatable bonds is 3. The molecule has 5 heteroatoms. The molecule has 0 aliphatic heterocycles. The molecule has 0 fully saturated rings. The van der Waals surface area contributed by atoms with E-state index in [9.17, 15) is 4.79 Å². The number of benzene rings is 1. The van der Waals surface area contributed by atoms with Crippen molar-refractivity contribution in [3.8, 4) is 0 Å². The SMILES string of the molecule is Cc1cc(Nc2c(C)cccc2Cl)c(C(=O)O)cn1. The monoisotopic (exact) mass is 276 g/mol. The summed E-state index contributed by atoms with van der Waals surface area (Å²) in [5.41, 5.74) is 2.98. The molecule has 0 saturated heterocycles. The molecule has 0 aliphatic rings. The third kappa shape index (κ3) is 2.85. The maximum atomic E-state index is 11.2. The Bertz CT molecular complexity index is 621. The van der Waals surface area contributed by atoms with Crippen LogP contribution in [0, 0.1) is 13.8 Å². The van der Waals surface area contributed by atoms with E-state index in [2.05, 4.69) is 10.3 Å². The highest BCUT2D eigenvalue weighted by Gasteiger charge is 2.13. The van der Waals surface area contributed by atoms with Gasteiger partial charge in [0.2, 0.25) is 0 Å². The zero-order valence-electron chi connectivity index (χ0n) is 10.6. The molecule has 1 aromatic heterocycles. The van der Waals surface area contributed by atoms with E-state index in [1.165, 1.54) is 6.20 Å². The molecule has 0 unspecified atom stereocenters. The molecule has 2 aromatic rings. The third-order valence-electron chi connectivity index (χ3n) is 2.75. The number of aromatic carboxylic acids is 1. The van der Waals surface area contributed by atoms with Gasteiger partial charge in [0.15, 0.2) is 0 Å². The standard InChI is InChI=1S/C14H13ClN2O2/c1-8-4-3-5-11(15)13(8)17-12-6-9(2)16-7-10(12)14(18)19/h3-7H,1-2H3,(H,16,17)(H,18,19). The minimum atomic E-state index is -1.03. The van der Waals surface area contributed by atoms with Crippen molar-refractivity contribution in [2.45, 2.75) is 13.8 Å². The molecule has 0 atom stereocenters. The van der Waals surface area contributed by atoms with Crippen LogP contribution in [-0.4, -0.2) is 16.1 Å². The number of aromatic nitrogens is 1. The van der Waals surface area contributed by atoms with Crippen molar-refractivity contribution >= 4 is 28.9 Å². The van der Waals surface area contributed by atoms with E-state index in [1.807, 2.05) is 19.1 Å². The van der Waals surface area contributed by atoms with Crippen LogP contribution in [0.5, 0.6) is 0 Å². The molecule has 2 rings (SSSR count). The Hall–Kier alpha value is -2.07. The maximum Gasteiger partial charge on any atom is 0.339 e. The van der Waals surface area contributed by atoms with Crippen molar-refractivity contribution in [3.05, 3.63) is 52.3 Å². The van der Waals surface area contributed by atoms with Gasteiger partial charge in [-0.2, -0.15) is 0 Å². The Kier molecular flexibility index (Phi) is 3.71. The van der Waals surface area contributed by atoms with Gasteiger partial charge in [0.1, 0.15) is 5.56 Å². The van der Waals surface area contributed by atoms with Crippen molar-refractivity contribution in [2.75, 3.05) is 5.32 Å². The van der Waals surface area contributed by atoms with Crippen molar-refractivity contribution in [1.29, 1.82) is 0 Å². The lowest BCUT2D eigenvalue weighted by Crippen LogP contribution is -2.05. The molecule has 0 saturated carbocycles. The molecule has 0 spiro atoms. The molecule has 0 bridgehead atoms. The number of para-hydroxylation sites is 1. The maximum absolute atomic E-state index is 11.2. The van der Waals surface area contributed by atoms with Crippen LogP contribution in [0.3, 0.4) is 0 Å². The molecule has 1 aromatic carbocycles. The molecule has 19 heavy (non-hydrogen) atoms. The summed E-state index contributed by atoms with van der Waals surface area (Å²) in [6, 6.07) is 7.19. The van der Waals surface area contributed by atoms with Gasteiger partial charge in [-0.1, -0.05) is 23.7 Å². The van der Waals surface area contributed by atoms with E-state index in [0.29, 0.717) is 16.4 Å². The predicted octanol–water partition coefficient (Wildman–Crippen LogP) is 3.79. The number of halogens is 1. The molecule has 1 heterocycles. The normalized spacial score (nSPS) is 10.3.